The van der Waals surface area contributed by atoms with Gasteiger partial charge in [0.15, 0.2) is 0 Å². The summed E-state index contributed by atoms with van der Waals surface area (Å²) in [7, 11) is 1.65. The zero-order valence-electron chi connectivity index (χ0n) is 16.4. The molecule has 28 heavy (non-hydrogen) atoms. The molecular weight excluding hydrogens is 350 g/mol. The Morgan fingerprint density at radius 3 is 2.43 bits per heavy atom. The monoisotopic (exact) mass is 375 g/mol. The molecule has 5 nitrogen and oxygen atoms in total. The average molecular weight is 375 g/mol. The second-order valence-electron chi connectivity index (χ2n) is 6.83. The number of anilines is 2. The lowest BCUT2D eigenvalue weighted by atomic mass is 10.0. The number of carbonyl (C=O) groups excluding carboxylic acids is 1. The number of benzene rings is 2. The summed E-state index contributed by atoms with van der Waals surface area (Å²) in [6.07, 6.45) is 1.57. The van der Waals surface area contributed by atoms with E-state index in [1.165, 1.54) is 5.56 Å². The van der Waals surface area contributed by atoms with E-state index in [2.05, 4.69) is 29.5 Å². The highest BCUT2D eigenvalue weighted by Gasteiger charge is 2.08. The number of pyridine rings is 1. The quantitative estimate of drug-likeness (QED) is 0.605. The number of carbonyl (C=O) groups is 1. The van der Waals surface area contributed by atoms with Gasteiger partial charge in [0.2, 0.25) is 0 Å². The summed E-state index contributed by atoms with van der Waals surface area (Å²) < 4.78 is 5.35. The van der Waals surface area contributed by atoms with E-state index in [9.17, 15) is 4.79 Å². The van der Waals surface area contributed by atoms with Crippen molar-refractivity contribution in [2.45, 2.75) is 26.3 Å². The van der Waals surface area contributed by atoms with Gasteiger partial charge in [-0.1, -0.05) is 44.2 Å². The SMILES string of the molecule is COc1ccccc1CNc1ccc(C(=O)Nc2ccc(C(C)C)cc2)cn1. The van der Waals surface area contributed by atoms with Crippen molar-refractivity contribution in [3.63, 3.8) is 0 Å². The van der Waals surface area contributed by atoms with Crippen LogP contribution in [0.15, 0.2) is 66.9 Å². The van der Waals surface area contributed by atoms with Crippen LogP contribution in [0.3, 0.4) is 0 Å². The minimum Gasteiger partial charge on any atom is -0.496 e. The zero-order chi connectivity index (χ0) is 19.9. The van der Waals surface area contributed by atoms with Crippen molar-refractivity contribution in [3.8, 4) is 5.75 Å². The number of rotatable bonds is 7. The molecule has 0 saturated heterocycles. The molecule has 0 saturated carbocycles. The summed E-state index contributed by atoms with van der Waals surface area (Å²) in [5.41, 5.74) is 3.56. The molecule has 0 aliphatic carbocycles. The number of hydrogen-bond acceptors (Lipinski definition) is 4. The summed E-state index contributed by atoms with van der Waals surface area (Å²) in [6, 6.07) is 19.3. The molecule has 0 atom stereocenters. The Morgan fingerprint density at radius 1 is 1.04 bits per heavy atom. The topological polar surface area (TPSA) is 63.2 Å². The number of amides is 1. The Labute approximate surface area is 165 Å². The van der Waals surface area contributed by atoms with E-state index in [0.29, 0.717) is 23.8 Å². The average Bonchev–Trinajstić information content (AvgIpc) is 2.73. The van der Waals surface area contributed by atoms with Gasteiger partial charge in [-0.3, -0.25) is 4.79 Å². The maximum absolute atomic E-state index is 12.4. The molecule has 144 valence electrons. The molecule has 3 aromatic rings. The van der Waals surface area contributed by atoms with Crippen molar-refractivity contribution in [3.05, 3.63) is 83.6 Å². The van der Waals surface area contributed by atoms with Gasteiger partial charge in [0, 0.05) is 24.0 Å². The molecule has 1 heterocycles. The maximum Gasteiger partial charge on any atom is 0.257 e. The first-order valence-electron chi connectivity index (χ1n) is 9.30. The Balaban J connectivity index is 1.59. The third-order valence-electron chi connectivity index (χ3n) is 4.51. The summed E-state index contributed by atoms with van der Waals surface area (Å²) in [5, 5.41) is 6.15. The van der Waals surface area contributed by atoms with E-state index >= 15 is 0 Å². The molecule has 0 aliphatic rings. The normalized spacial score (nSPS) is 10.6. The van der Waals surface area contributed by atoms with Gasteiger partial charge in [0.25, 0.3) is 5.91 Å². The molecule has 0 bridgehead atoms. The van der Waals surface area contributed by atoms with Crippen molar-refractivity contribution >= 4 is 17.4 Å². The van der Waals surface area contributed by atoms with E-state index in [1.807, 2.05) is 48.5 Å². The number of ether oxygens (including phenoxy) is 1. The molecule has 1 aromatic heterocycles. The second-order valence-corrected chi connectivity index (χ2v) is 6.83. The first-order valence-corrected chi connectivity index (χ1v) is 9.30. The van der Waals surface area contributed by atoms with Crippen LogP contribution in [0, 0.1) is 0 Å². The van der Waals surface area contributed by atoms with Gasteiger partial charge < -0.3 is 15.4 Å². The Morgan fingerprint density at radius 2 is 1.79 bits per heavy atom. The lowest BCUT2D eigenvalue weighted by Gasteiger charge is -2.11. The van der Waals surface area contributed by atoms with Gasteiger partial charge in [0.1, 0.15) is 11.6 Å². The van der Waals surface area contributed by atoms with Crippen molar-refractivity contribution < 1.29 is 9.53 Å². The van der Waals surface area contributed by atoms with Crippen LogP contribution in [0.25, 0.3) is 0 Å². The smallest absolute Gasteiger partial charge is 0.257 e. The lowest BCUT2D eigenvalue weighted by Crippen LogP contribution is -2.12. The lowest BCUT2D eigenvalue weighted by molar-refractivity contribution is 0.102. The first kappa shape index (κ1) is 19.4. The summed E-state index contributed by atoms with van der Waals surface area (Å²) in [4.78, 5) is 16.8. The molecule has 2 aromatic carbocycles. The number of nitrogens with one attached hydrogen (secondary N) is 2. The molecule has 1 amide bonds. The van der Waals surface area contributed by atoms with E-state index < -0.39 is 0 Å². The van der Waals surface area contributed by atoms with E-state index in [4.69, 9.17) is 4.74 Å². The van der Waals surface area contributed by atoms with E-state index in [0.717, 1.165) is 17.0 Å². The van der Waals surface area contributed by atoms with Crippen molar-refractivity contribution in [1.29, 1.82) is 0 Å². The van der Waals surface area contributed by atoms with Gasteiger partial charge in [-0.15, -0.1) is 0 Å². The van der Waals surface area contributed by atoms with Gasteiger partial charge in [0.05, 0.1) is 12.7 Å². The van der Waals surface area contributed by atoms with Crippen LogP contribution < -0.4 is 15.4 Å². The number of nitrogens with zero attached hydrogens (tertiary/aromatic N) is 1. The van der Waals surface area contributed by atoms with Crippen LogP contribution in [0.5, 0.6) is 5.75 Å². The fourth-order valence-electron chi connectivity index (χ4n) is 2.82. The third-order valence-corrected chi connectivity index (χ3v) is 4.51. The summed E-state index contributed by atoms with van der Waals surface area (Å²) in [6.45, 7) is 4.87. The van der Waals surface area contributed by atoms with Crippen LogP contribution in [0.2, 0.25) is 0 Å². The Bertz CT molecular complexity index is 919. The zero-order valence-corrected chi connectivity index (χ0v) is 16.4. The maximum atomic E-state index is 12.4. The summed E-state index contributed by atoms with van der Waals surface area (Å²) in [5.74, 6) is 1.81. The van der Waals surface area contributed by atoms with E-state index in [1.54, 1.807) is 25.4 Å². The number of methoxy groups -OCH3 is 1. The Hall–Kier alpha value is -3.34. The number of para-hydroxylation sites is 1. The first-order chi connectivity index (χ1) is 13.6. The molecule has 2 N–H and O–H groups in total. The molecule has 0 aliphatic heterocycles. The molecule has 0 fully saturated rings. The molecule has 3 rings (SSSR count). The number of aromatic nitrogens is 1. The summed E-state index contributed by atoms with van der Waals surface area (Å²) >= 11 is 0. The molecule has 0 radical (unpaired) electrons. The predicted molar refractivity (Wildman–Crippen MR) is 113 cm³/mol. The van der Waals surface area contributed by atoms with Gasteiger partial charge in [-0.05, 0) is 41.8 Å². The molecule has 5 heteroatoms. The highest BCUT2D eigenvalue weighted by Crippen LogP contribution is 2.19. The van der Waals surface area contributed by atoms with Crippen LogP contribution in [-0.2, 0) is 6.54 Å². The second kappa shape index (κ2) is 9.04. The van der Waals surface area contributed by atoms with Gasteiger partial charge in [-0.2, -0.15) is 0 Å². The molecule has 0 unspecified atom stereocenters. The van der Waals surface area contributed by atoms with Crippen LogP contribution in [-0.4, -0.2) is 18.0 Å². The fraction of sp³-hybridized carbons (Fsp3) is 0.217. The number of hydrogen-bond donors (Lipinski definition) is 2. The minimum atomic E-state index is -0.180. The van der Waals surface area contributed by atoms with Gasteiger partial charge in [-0.25, -0.2) is 4.98 Å². The standard InChI is InChI=1S/C23H25N3O2/c1-16(2)17-8-11-20(12-9-17)26-23(27)19-10-13-22(25-15-19)24-14-18-6-4-5-7-21(18)28-3/h4-13,15-16H,14H2,1-3H3,(H,24,25)(H,26,27). The Kier molecular flexibility index (Phi) is 6.27. The van der Waals surface area contributed by atoms with E-state index in [-0.39, 0.29) is 5.91 Å². The van der Waals surface area contributed by atoms with Crippen LogP contribution >= 0.6 is 0 Å². The third kappa shape index (κ3) is 4.88. The largest absolute Gasteiger partial charge is 0.496 e. The van der Waals surface area contributed by atoms with Gasteiger partial charge >= 0.3 is 0 Å². The van der Waals surface area contributed by atoms with Crippen molar-refractivity contribution in [2.24, 2.45) is 0 Å². The van der Waals surface area contributed by atoms with Crippen molar-refractivity contribution in [2.75, 3.05) is 17.7 Å². The molecule has 0 spiro atoms. The van der Waals surface area contributed by atoms with Crippen LogP contribution in [0.1, 0.15) is 41.3 Å². The highest BCUT2D eigenvalue weighted by atomic mass is 16.5. The highest BCUT2D eigenvalue weighted by molar-refractivity contribution is 6.04. The predicted octanol–water partition coefficient (Wildman–Crippen LogP) is 5.08. The van der Waals surface area contributed by atoms with Crippen LogP contribution in [0.4, 0.5) is 11.5 Å². The fourth-order valence-corrected chi connectivity index (χ4v) is 2.82. The van der Waals surface area contributed by atoms with Crippen molar-refractivity contribution in [1.82, 2.24) is 4.98 Å². The minimum absolute atomic E-state index is 0.180. The molecular formula is C23H25N3O2.